The Balaban J connectivity index is 1.58. The van der Waals surface area contributed by atoms with Gasteiger partial charge in [-0.05, 0) is 42.8 Å². The minimum atomic E-state index is -0.398. The molecular weight excluding hydrogens is 444 g/mol. The van der Waals surface area contributed by atoms with E-state index in [0.717, 1.165) is 22.0 Å². The Kier molecular flexibility index (Phi) is 6.72. The first-order valence-corrected chi connectivity index (χ1v) is 12.1. The Morgan fingerprint density at radius 1 is 1.09 bits per heavy atom. The Labute approximate surface area is 195 Å². The standard InChI is InChI=1S/C24H24N2O4S2/c1-4-17-13-18-22(32-17)25-24(26(23(18)28)16-8-6-5-7-9-16)31-14-19(27)15-10-11-20(29-2)21(12-15)30-3/h5-13,24-25H,4,14H2,1-3H3. The van der Waals surface area contributed by atoms with Crippen LogP contribution in [0.3, 0.4) is 0 Å². The van der Waals surface area contributed by atoms with Crippen LogP contribution in [0, 0.1) is 0 Å². The maximum absolute atomic E-state index is 13.4. The van der Waals surface area contributed by atoms with Crippen molar-refractivity contribution in [2.45, 2.75) is 18.8 Å². The summed E-state index contributed by atoms with van der Waals surface area (Å²) in [5.74, 6) is 1.17. The number of hydrogen-bond donors (Lipinski definition) is 1. The van der Waals surface area contributed by atoms with E-state index in [1.807, 2.05) is 36.4 Å². The number of thiophene rings is 1. The van der Waals surface area contributed by atoms with Crippen LogP contribution in [0.25, 0.3) is 0 Å². The molecule has 1 atom stereocenters. The van der Waals surface area contributed by atoms with Crippen molar-refractivity contribution in [1.82, 2.24) is 0 Å². The zero-order chi connectivity index (χ0) is 22.7. The molecule has 1 aliphatic heterocycles. The lowest BCUT2D eigenvalue weighted by molar-refractivity contribution is 0.0980. The number of carbonyl (C=O) groups excluding carboxylic acids is 2. The molecule has 8 heteroatoms. The average molecular weight is 469 g/mol. The Morgan fingerprint density at radius 3 is 2.53 bits per heavy atom. The molecule has 1 aromatic heterocycles. The van der Waals surface area contributed by atoms with Crippen LogP contribution >= 0.6 is 23.1 Å². The van der Waals surface area contributed by atoms with Crippen LogP contribution in [-0.4, -0.2) is 37.2 Å². The fourth-order valence-electron chi connectivity index (χ4n) is 3.50. The number of rotatable bonds is 8. The highest BCUT2D eigenvalue weighted by Gasteiger charge is 2.35. The van der Waals surface area contributed by atoms with Crippen molar-refractivity contribution in [3.05, 3.63) is 70.6 Å². The minimum Gasteiger partial charge on any atom is -0.493 e. The number of nitrogens with one attached hydrogen (secondary N) is 1. The second-order valence-corrected chi connectivity index (χ2v) is 9.33. The third kappa shape index (κ3) is 4.33. The number of para-hydroxylation sites is 1. The first-order chi connectivity index (χ1) is 15.5. The van der Waals surface area contributed by atoms with E-state index in [0.29, 0.717) is 22.6 Å². The van der Waals surface area contributed by atoms with E-state index in [2.05, 4.69) is 12.2 Å². The number of benzene rings is 2. The van der Waals surface area contributed by atoms with Gasteiger partial charge < -0.3 is 14.8 Å². The SMILES string of the molecule is CCc1cc2c(s1)NC(SCC(=O)c1ccc(OC)c(OC)c1)N(c1ccccc1)C2=O. The van der Waals surface area contributed by atoms with Crippen molar-refractivity contribution in [3.63, 3.8) is 0 Å². The topological polar surface area (TPSA) is 67.9 Å². The van der Waals surface area contributed by atoms with Crippen LogP contribution in [0.1, 0.15) is 32.5 Å². The average Bonchev–Trinajstić information content (AvgIpc) is 3.26. The number of anilines is 2. The van der Waals surface area contributed by atoms with E-state index in [4.69, 9.17) is 9.47 Å². The van der Waals surface area contributed by atoms with Crippen molar-refractivity contribution in [2.24, 2.45) is 0 Å². The number of ketones is 1. The maximum atomic E-state index is 13.4. The quantitative estimate of drug-likeness (QED) is 0.453. The maximum Gasteiger partial charge on any atom is 0.263 e. The van der Waals surface area contributed by atoms with Crippen molar-refractivity contribution in [2.75, 3.05) is 30.2 Å². The number of methoxy groups -OCH3 is 2. The predicted molar refractivity (Wildman–Crippen MR) is 131 cm³/mol. The van der Waals surface area contributed by atoms with Gasteiger partial charge >= 0.3 is 0 Å². The molecule has 1 aliphatic rings. The molecule has 2 heterocycles. The first kappa shape index (κ1) is 22.2. The molecule has 0 radical (unpaired) electrons. The minimum absolute atomic E-state index is 0.0514. The molecular formula is C24H24N2O4S2. The molecule has 3 aromatic rings. The van der Waals surface area contributed by atoms with Crippen LogP contribution in [-0.2, 0) is 6.42 Å². The number of ether oxygens (including phenoxy) is 2. The Hall–Kier alpha value is -2.97. The van der Waals surface area contributed by atoms with Gasteiger partial charge in [0.2, 0.25) is 0 Å². The fourth-order valence-corrected chi connectivity index (χ4v) is 5.63. The number of Topliss-reactive ketones (excluding diaryl/α,β-unsaturated/α-hetero) is 1. The third-order valence-corrected chi connectivity index (χ3v) is 7.47. The predicted octanol–water partition coefficient (Wildman–Crippen LogP) is 5.30. The van der Waals surface area contributed by atoms with Crippen LogP contribution in [0.2, 0.25) is 0 Å². The molecule has 1 amide bonds. The highest BCUT2D eigenvalue weighted by atomic mass is 32.2. The number of thioether (sulfide) groups is 1. The highest BCUT2D eigenvalue weighted by molar-refractivity contribution is 8.00. The summed E-state index contributed by atoms with van der Waals surface area (Å²) in [5.41, 5.74) is 1.60. The third-order valence-electron chi connectivity index (χ3n) is 5.18. The van der Waals surface area contributed by atoms with Crippen LogP contribution in [0.4, 0.5) is 10.7 Å². The normalized spacial score (nSPS) is 15.2. The summed E-state index contributed by atoms with van der Waals surface area (Å²) in [4.78, 5) is 29.2. The van der Waals surface area contributed by atoms with Crippen molar-refractivity contribution in [1.29, 1.82) is 0 Å². The van der Waals surface area contributed by atoms with E-state index in [-0.39, 0.29) is 17.4 Å². The van der Waals surface area contributed by atoms with Gasteiger partial charge in [0.25, 0.3) is 5.91 Å². The Bertz CT molecular complexity index is 1130. The molecule has 6 nitrogen and oxygen atoms in total. The van der Waals surface area contributed by atoms with Gasteiger partial charge in [-0.15, -0.1) is 23.1 Å². The van der Waals surface area contributed by atoms with Crippen LogP contribution in [0.5, 0.6) is 11.5 Å². The zero-order valence-electron chi connectivity index (χ0n) is 18.1. The van der Waals surface area contributed by atoms with Crippen molar-refractivity contribution in [3.8, 4) is 11.5 Å². The molecule has 0 fully saturated rings. The van der Waals surface area contributed by atoms with Gasteiger partial charge in [-0.2, -0.15) is 0 Å². The highest BCUT2D eigenvalue weighted by Crippen LogP contribution is 2.39. The van der Waals surface area contributed by atoms with Gasteiger partial charge in [0, 0.05) is 16.1 Å². The number of hydrogen-bond acceptors (Lipinski definition) is 7. The monoisotopic (exact) mass is 468 g/mol. The summed E-state index contributed by atoms with van der Waals surface area (Å²) < 4.78 is 10.6. The summed E-state index contributed by atoms with van der Waals surface area (Å²) in [6, 6.07) is 16.6. The van der Waals surface area contributed by atoms with Gasteiger partial charge in [0.1, 0.15) is 5.00 Å². The van der Waals surface area contributed by atoms with Gasteiger partial charge in [-0.25, -0.2) is 0 Å². The lowest BCUT2D eigenvalue weighted by Crippen LogP contribution is -2.47. The molecule has 32 heavy (non-hydrogen) atoms. The number of fused-ring (bicyclic) bond motifs is 1. The van der Waals surface area contributed by atoms with Crippen LogP contribution < -0.4 is 19.7 Å². The second kappa shape index (κ2) is 9.67. The van der Waals surface area contributed by atoms with Crippen molar-refractivity contribution < 1.29 is 19.1 Å². The zero-order valence-corrected chi connectivity index (χ0v) is 19.7. The molecule has 1 N–H and O–H groups in total. The van der Waals surface area contributed by atoms with E-state index in [1.54, 1.807) is 48.7 Å². The molecule has 0 spiro atoms. The molecule has 0 saturated heterocycles. The molecule has 2 aromatic carbocycles. The Morgan fingerprint density at radius 2 is 1.84 bits per heavy atom. The summed E-state index contributed by atoms with van der Waals surface area (Å²) in [7, 11) is 3.10. The number of carbonyl (C=O) groups is 2. The number of nitrogens with zero attached hydrogens (tertiary/aromatic N) is 1. The molecule has 1 unspecified atom stereocenters. The smallest absolute Gasteiger partial charge is 0.263 e. The van der Waals surface area contributed by atoms with Gasteiger partial charge in [-0.1, -0.05) is 25.1 Å². The molecule has 166 valence electrons. The fraction of sp³-hybridized carbons (Fsp3) is 0.250. The second-order valence-electron chi connectivity index (χ2n) is 7.12. The first-order valence-electron chi connectivity index (χ1n) is 10.2. The van der Waals surface area contributed by atoms with Crippen molar-refractivity contribution >= 4 is 45.5 Å². The van der Waals surface area contributed by atoms with E-state index >= 15 is 0 Å². The van der Waals surface area contributed by atoms with Crippen LogP contribution in [0.15, 0.2) is 54.6 Å². The summed E-state index contributed by atoms with van der Waals surface area (Å²) >= 11 is 2.98. The summed E-state index contributed by atoms with van der Waals surface area (Å²) in [6.07, 6.45) is 0.869. The van der Waals surface area contributed by atoms with Gasteiger partial charge in [0.05, 0.1) is 25.5 Å². The number of amides is 1. The molecule has 0 saturated carbocycles. The van der Waals surface area contributed by atoms with Gasteiger partial charge in [-0.3, -0.25) is 14.5 Å². The van der Waals surface area contributed by atoms with E-state index in [1.165, 1.54) is 11.8 Å². The summed E-state index contributed by atoms with van der Waals surface area (Å²) in [5, 5.41) is 4.32. The molecule has 0 bridgehead atoms. The van der Waals surface area contributed by atoms with E-state index < -0.39 is 5.50 Å². The molecule has 0 aliphatic carbocycles. The molecule has 4 rings (SSSR count). The summed E-state index contributed by atoms with van der Waals surface area (Å²) in [6.45, 7) is 2.07. The number of aryl methyl sites for hydroxylation is 1. The van der Waals surface area contributed by atoms with E-state index in [9.17, 15) is 9.59 Å². The van der Waals surface area contributed by atoms with Gasteiger partial charge in [0.15, 0.2) is 22.8 Å². The largest absolute Gasteiger partial charge is 0.493 e. The lowest BCUT2D eigenvalue weighted by atomic mass is 10.1. The lowest BCUT2D eigenvalue weighted by Gasteiger charge is -2.36.